The minimum absolute atomic E-state index is 0.0495. The fraction of sp³-hybridized carbons (Fsp3) is 0.545. The molecule has 1 aromatic heterocycles. The van der Waals surface area contributed by atoms with Crippen molar-refractivity contribution in [1.82, 2.24) is 5.32 Å². The standard InChI is InChI=1S/C22H30N2O4/c1-4-5-11-27-19-14-17(24(2)3)12-15-13-18(22(26)28-20(15)19)21(25)23-16-9-7-6-8-10-16/h12-14,16H,4-11H2,1-3H3,(H,23,25). The fourth-order valence-electron chi connectivity index (χ4n) is 3.55. The number of hydrogen-bond acceptors (Lipinski definition) is 5. The molecular formula is C22H30N2O4. The van der Waals surface area contributed by atoms with Crippen LogP contribution in [0, 0.1) is 0 Å². The van der Waals surface area contributed by atoms with Gasteiger partial charge in [-0.3, -0.25) is 4.79 Å². The van der Waals surface area contributed by atoms with E-state index in [1.54, 1.807) is 6.07 Å². The lowest BCUT2D eigenvalue weighted by Crippen LogP contribution is -2.38. The lowest BCUT2D eigenvalue weighted by atomic mass is 9.95. The zero-order chi connectivity index (χ0) is 20.1. The van der Waals surface area contributed by atoms with Crippen LogP contribution in [-0.2, 0) is 0 Å². The SMILES string of the molecule is CCCCOc1cc(N(C)C)cc2cc(C(=O)NC3CCCCC3)c(=O)oc12. The Kier molecular flexibility index (Phi) is 6.60. The van der Waals surface area contributed by atoms with E-state index in [0.717, 1.165) is 44.2 Å². The molecule has 0 bridgehead atoms. The second-order valence-corrected chi connectivity index (χ2v) is 7.71. The lowest BCUT2D eigenvalue weighted by molar-refractivity contribution is 0.0924. The molecule has 0 unspecified atom stereocenters. The highest BCUT2D eigenvalue weighted by Crippen LogP contribution is 2.31. The minimum Gasteiger partial charge on any atom is -0.490 e. The zero-order valence-corrected chi connectivity index (χ0v) is 17.0. The Morgan fingerprint density at radius 1 is 1.21 bits per heavy atom. The van der Waals surface area contributed by atoms with Crippen LogP contribution >= 0.6 is 0 Å². The fourth-order valence-corrected chi connectivity index (χ4v) is 3.55. The summed E-state index contributed by atoms with van der Waals surface area (Å²) in [7, 11) is 3.87. The van der Waals surface area contributed by atoms with Crippen molar-refractivity contribution in [2.24, 2.45) is 0 Å². The minimum atomic E-state index is -0.626. The summed E-state index contributed by atoms with van der Waals surface area (Å²) < 4.78 is 11.4. The Morgan fingerprint density at radius 3 is 2.64 bits per heavy atom. The molecule has 6 heteroatoms. The number of carbonyl (C=O) groups excluding carboxylic acids is 1. The number of anilines is 1. The molecule has 28 heavy (non-hydrogen) atoms. The van der Waals surface area contributed by atoms with Crippen LogP contribution in [0.25, 0.3) is 11.0 Å². The highest BCUT2D eigenvalue weighted by Gasteiger charge is 2.21. The number of carbonyl (C=O) groups is 1. The molecule has 0 aliphatic heterocycles. The Hall–Kier alpha value is -2.50. The first kappa shape index (κ1) is 20.2. The van der Waals surface area contributed by atoms with Crippen LogP contribution < -0.4 is 20.6 Å². The molecule has 1 fully saturated rings. The molecule has 1 aliphatic rings. The van der Waals surface area contributed by atoms with E-state index in [9.17, 15) is 9.59 Å². The third kappa shape index (κ3) is 4.66. The largest absolute Gasteiger partial charge is 0.490 e. The quantitative estimate of drug-likeness (QED) is 0.573. The molecule has 1 saturated carbocycles. The topological polar surface area (TPSA) is 71.8 Å². The van der Waals surface area contributed by atoms with Crippen LogP contribution in [0.5, 0.6) is 5.75 Å². The zero-order valence-electron chi connectivity index (χ0n) is 17.0. The molecule has 1 amide bonds. The van der Waals surface area contributed by atoms with Gasteiger partial charge in [0.1, 0.15) is 5.56 Å². The summed E-state index contributed by atoms with van der Waals surface area (Å²) in [6.07, 6.45) is 7.29. The number of benzene rings is 1. The first-order valence-electron chi connectivity index (χ1n) is 10.2. The first-order valence-corrected chi connectivity index (χ1v) is 10.2. The number of ether oxygens (including phenoxy) is 1. The van der Waals surface area contributed by atoms with Crippen molar-refractivity contribution in [3.05, 3.63) is 34.2 Å². The predicted octanol–water partition coefficient (Wildman–Crippen LogP) is 4.10. The third-order valence-electron chi connectivity index (χ3n) is 5.24. The van der Waals surface area contributed by atoms with E-state index in [4.69, 9.17) is 9.15 Å². The molecule has 0 spiro atoms. The molecule has 1 heterocycles. The summed E-state index contributed by atoms with van der Waals surface area (Å²) in [5.74, 6) is 0.178. The van der Waals surface area contributed by atoms with Crippen molar-refractivity contribution >= 4 is 22.6 Å². The van der Waals surface area contributed by atoms with E-state index < -0.39 is 5.63 Å². The van der Waals surface area contributed by atoms with Crippen molar-refractivity contribution in [2.75, 3.05) is 25.6 Å². The van der Waals surface area contributed by atoms with Crippen LogP contribution in [0.3, 0.4) is 0 Å². The summed E-state index contributed by atoms with van der Waals surface area (Å²) in [5, 5.41) is 3.68. The molecule has 0 radical (unpaired) electrons. The Balaban J connectivity index is 1.95. The molecule has 1 aromatic carbocycles. The van der Waals surface area contributed by atoms with Gasteiger partial charge in [-0.05, 0) is 31.4 Å². The monoisotopic (exact) mass is 386 g/mol. The normalized spacial score (nSPS) is 14.8. The smallest absolute Gasteiger partial charge is 0.349 e. The van der Waals surface area contributed by atoms with Gasteiger partial charge in [0.05, 0.1) is 6.61 Å². The molecule has 2 aromatic rings. The van der Waals surface area contributed by atoms with E-state index in [-0.39, 0.29) is 17.5 Å². The van der Waals surface area contributed by atoms with E-state index >= 15 is 0 Å². The third-order valence-corrected chi connectivity index (χ3v) is 5.24. The van der Waals surface area contributed by atoms with Gasteiger partial charge in [0.2, 0.25) is 0 Å². The molecule has 3 rings (SSSR count). The van der Waals surface area contributed by atoms with Gasteiger partial charge in [-0.15, -0.1) is 0 Å². The number of amides is 1. The predicted molar refractivity (Wildman–Crippen MR) is 112 cm³/mol. The number of nitrogens with one attached hydrogen (secondary N) is 1. The van der Waals surface area contributed by atoms with Gasteiger partial charge in [0.15, 0.2) is 11.3 Å². The van der Waals surface area contributed by atoms with Gasteiger partial charge in [0, 0.05) is 37.3 Å². The second kappa shape index (κ2) is 9.13. The van der Waals surface area contributed by atoms with Gasteiger partial charge < -0.3 is 19.4 Å². The van der Waals surface area contributed by atoms with Crippen LogP contribution in [-0.4, -0.2) is 32.7 Å². The number of rotatable bonds is 7. The molecule has 0 saturated heterocycles. The average Bonchev–Trinajstić information content (AvgIpc) is 2.68. The van der Waals surface area contributed by atoms with Crippen LogP contribution in [0.1, 0.15) is 62.2 Å². The van der Waals surface area contributed by atoms with E-state index in [0.29, 0.717) is 23.3 Å². The van der Waals surface area contributed by atoms with Crippen molar-refractivity contribution in [3.63, 3.8) is 0 Å². The van der Waals surface area contributed by atoms with Gasteiger partial charge in [0.25, 0.3) is 5.91 Å². The average molecular weight is 386 g/mol. The molecule has 1 aliphatic carbocycles. The van der Waals surface area contributed by atoms with Crippen molar-refractivity contribution in [2.45, 2.75) is 57.9 Å². The highest BCUT2D eigenvalue weighted by molar-refractivity contribution is 5.98. The van der Waals surface area contributed by atoms with Crippen LogP contribution in [0.2, 0.25) is 0 Å². The van der Waals surface area contributed by atoms with Gasteiger partial charge in [-0.2, -0.15) is 0 Å². The maximum atomic E-state index is 12.7. The summed E-state index contributed by atoms with van der Waals surface area (Å²) in [5.41, 5.74) is 0.736. The molecule has 152 valence electrons. The van der Waals surface area contributed by atoms with E-state index in [1.165, 1.54) is 6.42 Å². The van der Waals surface area contributed by atoms with Gasteiger partial charge >= 0.3 is 5.63 Å². The Bertz CT molecular complexity index is 882. The molecular weight excluding hydrogens is 356 g/mol. The van der Waals surface area contributed by atoms with Gasteiger partial charge in [-0.25, -0.2) is 4.79 Å². The van der Waals surface area contributed by atoms with E-state index in [2.05, 4.69) is 12.2 Å². The highest BCUT2D eigenvalue weighted by atomic mass is 16.5. The second-order valence-electron chi connectivity index (χ2n) is 7.71. The molecule has 0 atom stereocenters. The van der Waals surface area contributed by atoms with Crippen LogP contribution in [0.15, 0.2) is 27.4 Å². The summed E-state index contributed by atoms with van der Waals surface area (Å²) in [4.78, 5) is 27.2. The number of nitrogens with zero attached hydrogens (tertiary/aromatic N) is 1. The molecule has 1 N–H and O–H groups in total. The summed E-state index contributed by atoms with van der Waals surface area (Å²) in [6, 6.07) is 5.53. The van der Waals surface area contributed by atoms with Crippen molar-refractivity contribution in [3.8, 4) is 5.75 Å². The Labute approximate surface area is 165 Å². The van der Waals surface area contributed by atoms with Crippen molar-refractivity contribution in [1.29, 1.82) is 0 Å². The van der Waals surface area contributed by atoms with E-state index in [1.807, 2.05) is 31.1 Å². The summed E-state index contributed by atoms with van der Waals surface area (Å²) >= 11 is 0. The molecule has 6 nitrogen and oxygen atoms in total. The maximum absolute atomic E-state index is 12.7. The number of unbranched alkanes of at least 4 members (excludes halogenated alkanes) is 1. The Morgan fingerprint density at radius 2 is 1.96 bits per heavy atom. The summed E-state index contributed by atoms with van der Waals surface area (Å²) in [6.45, 7) is 2.64. The van der Waals surface area contributed by atoms with Crippen molar-refractivity contribution < 1.29 is 13.9 Å². The maximum Gasteiger partial charge on any atom is 0.349 e. The first-order chi connectivity index (χ1) is 13.5. The van der Waals surface area contributed by atoms with Crippen LogP contribution in [0.4, 0.5) is 5.69 Å². The number of fused-ring (bicyclic) bond motifs is 1. The number of hydrogen-bond donors (Lipinski definition) is 1. The lowest BCUT2D eigenvalue weighted by Gasteiger charge is -2.22. The van der Waals surface area contributed by atoms with Gasteiger partial charge in [-0.1, -0.05) is 32.6 Å².